The zero-order valence-electron chi connectivity index (χ0n) is 17.4. The maximum atomic E-state index is 12.7. The molecule has 0 bridgehead atoms. The summed E-state index contributed by atoms with van der Waals surface area (Å²) in [5.74, 6) is -1.33. The van der Waals surface area contributed by atoms with Crippen LogP contribution in [0.4, 0.5) is 26.3 Å². The quantitative estimate of drug-likeness (QED) is 0.364. The van der Waals surface area contributed by atoms with Gasteiger partial charge < -0.3 is 10.1 Å². The number of rotatable bonds is 6. The molecule has 1 aromatic heterocycles. The fourth-order valence-electron chi connectivity index (χ4n) is 2.96. The zero-order chi connectivity index (χ0) is 25.1. The highest BCUT2D eigenvalue weighted by Gasteiger charge is 2.34. The number of carbonyl (C=O) groups excluding carboxylic acids is 1. The molecule has 1 heterocycles. The van der Waals surface area contributed by atoms with E-state index in [4.69, 9.17) is 5.41 Å². The molecule has 6 nitrogen and oxygen atoms in total. The third kappa shape index (κ3) is 6.10. The van der Waals surface area contributed by atoms with E-state index in [0.29, 0.717) is 22.5 Å². The molecule has 0 aliphatic heterocycles. The van der Waals surface area contributed by atoms with Crippen LogP contribution in [0.15, 0.2) is 66.6 Å². The number of hydrogen-bond donors (Lipinski definition) is 3. The molecule has 0 saturated heterocycles. The number of quaternary nitrogens is 1. The van der Waals surface area contributed by atoms with Crippen molar-refractivity contribution >= 4 is 22.5 Å². The second kappa shape index (κ2) is 9.51. The molecule has 0 fully saturated rings. The number of nitrogens with two attached hydrogens (primary N) is 1. The van der Waals surface area contributed by atoms with Crippen LogP contribution in [0.5, 0.6) is 5.75 Å². The van der Waals surface area contributed by atoms with Gasteiger partial charge in [-0.1, -0.05) is 24.3 Å². The Morgan fingerprint density at radius 3 is 2.44 bits per heavy atom. The minimum Gasteiger partial charge on any atom is -0.405 e. The summed E-state index contributed by atoms with van der Waals surface area (Å²) in [5.41, 5.74) is -0.694. The van der Waals surface area contributed by atoms with E-state index >= 15 is 0 Å². The number of nitrogens with zero attached hydrogens (tertiary/aromatic N) is 1. The number of alkyl halides is 6. The number of benzene rings is 2. The lowest BCUT2D eigenvalue weighted by molar-refractivity contribution is -0.580. The Morgan fingerprint density at radius 1 is 1.09 bits per heavy atom. The Labute approximate surface area is 188 Å². The summed E-state index contributed by atoms with van der Waals surface area (Å²) in [6.07, 6.45) is -7.92. The topological polar surface area (TPSA) is 91.7 Å². The molecule has 1 amide bonds. The van der Waals surface area contributed by atoms with Crippen LogP contribution >= 0.6 is 0 Å². The molecule has 34 heavy (non-hydrogen) atoms. The molecule has 0 atom stereocenters. The summed E-state index contributed by atoms with van der Waals surface area (Å²) in [6, 6.07) is 11.4. The number of ether oxygens (including phenoxy) is 1. The van der Waals surface area contributed by atoms with Crippen molar-refractivity contribution in [3.05, 3.63) is 72.2 Å². The second-order valence-corrected chi connectivity index (χ2v) is 6.93. The van der Waals surface area contributed by atoms with Crippen LogP contribution in [0.3, 0.4) is 0 Å². The highest BCUT2D eigenvalue weighted by Crippen LogP contribution is 2.34. The standard InChI is InChI=1S/C22H16F6N4O2/c1-30-19(10-18(29)21(23,24)25)32-20(33)13-7-6-12-8-14(11-31-16(12)9-13)15-4-2-3-5-17(15)34-22(26,27)28/h2-11,29-30H,1H3,(H,32,33)/p+1/b19-10+,29-18?. The molecule has 0 aliphatic rings. The van der Waals surface area contributed by atoms with E-state index in [-0.39, 0.29) is 16.9 Å². The number of para-hydroxylation sites is 1. The predicted molar refractivity (Wildman–Crippen MR) is 111 cm³/mol. The van der Waals surface area contributed by atoms with Crippen LogP contribution < -0.4 is 15.4 Å². The molecule has 0 unspecified atom stereocenters. The minimum atomic E-state index is -4.87. The number of allylic oxidation sites excluding steroid dienone is 1. The van der Waals surface area contributed by atoms with Gasteiger partial charge >= 0.3 is 12.5 Å². The van der Waals surface area contributed by atoms with Gasteiger partial charge in [-0.25, -0.2) is 0 Å². The van der Waals surface area contributed by atoms with Crippen molar-refractivity contribution in [1.82, 2.24) is 10.3 Å². The van der Waals surface area contributed by atoms with Crippen molar-refractivity contribution in [2.45, 2.75) is 12.5 Å². The average Bonchev–Trinajstić information content (AvgIpc) is 2.76. The Bertz CT molecular complexity index is 1270. The van der Waals surface area contributed by atoms with Crippen LogP contribution in [0.2, 0.25) is 0 Å². The molecule has 0 spiro atoms. The third-order valence-corrected chi connectivity index (χ3v) is 4.54. The van der Waals surface area contributed by atoms with Gasteiger partial charge in [0.1, 0.15) is 11.5 Å². The van der Waals surface area contributed by atoms with Crippen LogP contribution in [0, 0.1) is 5.41 Å². The van der Waals surface area contributed by atoms with Gasteiger partial charge in [-0.2, -0.15) is 13.2 Å². The van der Waals surface area contributed by atoms with Crippen LogP contribution in [-0.4, -0.2) is 36.2 Å². The van der Waals surface area contributed by atoms with E-state index in [1.807, 2.05) is 0 Å². The molecular formula is C22H17F6N4O2+. The van der Waals surface area contributed by atoms with Gasteiger partial charge in [0.25, 0.3) is 5.91 Å². The van der Waals surface area contributed by atoms with Crippen molar-refractivity contribution in [3.8, 4) is 16.9 Å². The summed E-state index contributed by atoms with van der Waals surface area (Å²) in [7, 11) is 1.40. The Morgan fingerprint density at radius 2 is 1.79 bits per heavy atom. The van der Waals surface area contributed by atoms with Crippen molar-refractivity contribution in [2.24, 2.45) is 0 Å². The number of nitrogens with one attached hydrogen (secondary N) is 2. The lowest BCUT2D eigenvalue weighted by Gasteiger charge is -2.13. The normalized spacial score (nSPS) is 12.5. The number of fused-ring (bicyclic) bond motifs is 1. The largest absolute Gasteiger partial charge is 0.573 e. The first kappa shape index (κ1) is 24.7. The van der Waals surface area contributed by atoms with Gasteiger partial charge in [-0.15, -0.1) is 13.2 Å². The van der Waals surface area contributed by atoms with Gasteiger partial charge in [-0.3, -0.25) is 20.5 Å². The summed E-state index contributed by atoms with van der Waals surface area (Å²) in [5, 5.41) is 11.0. The molecule has 2 aromatic carbocycles. The number of halogens is 6. The first-order valence-corrected chi connectivity index (χ1v) is 9.60. The number of pyridine rings is 1. The average molecular weight is 483 g/mol. The highest BCUT2D eigenvalue weighted by molar-refractivity contribution is 6.01. The highest BCUT2D eigenvalue weighted by atomic mass is 19.4. The van der Waals surface area contributed by atoms with E-state index in [2.05, 4.69) is 15.0 Å². The lowest BCUT2D eigenvalue weighted by atomic mass is 10.0. The fraction of sp³-hybridized carbons (Fsp3) is 0.136. The van der Waals surface area contributed by atoms with Gasteiger partial charge in [0.15, 0.2) is 0 Å². The number of amides is 1. The summed E-state index contributed by atoms with van der Waals surface area (Å²) >= 11 is 0. The van der Waals surface area contributed by atoms with Gasteiger partial charge in [0, 0.05) is 34.3 Å². The number of carbonyl (C=O) groups is 1. The number of aromatic nitrogens is 1. The summed E-state index contributed by atoms with van der Waals surface area (Å²) in [4.78, 5) is 16.7. The van der Waals surface area contributed by atoms with Crippen LogP contribution in [-0.2, 0) is 0 Å². The Kier molecular flexibility index (Phi) is 6.91. The SMILES string of the molecule is C[NH2+]/C(=C\C(=N)C(F)(F)F)NC(=O)c1ccc2cc(-c3ccccc3OC(F)(F)F)cnc2c1. The van der Waals surface area contributed by atoms with Crippen molar-refractivity contribution in [1.29, 1.82) is 5.41 Å². The molecule has 12 heteroatoms. The zero-order valence-corrected chi connectivity index (χ0v) is 17.4. The summed E-state index contributed by atoms with van der Waals surface area (Å²) < 4.78 is 79.9. The number of hydrogen-bond acceptors (Lipinski definition) is 4. The molecule has 3 aromatic rings. The molecule has 178 valence electrons. The first-order chi connectivity index (χ1) is 15.9. The third-order valence-electron chi connectivity index (χ3n) is 4.54. The smallest absolute Gasteiger partial charge is 0.405 e. The van der Waals surface area contributed by atoms with Crippen LogP contribution in [0.25, 0.3) is 22.0 Å². The lowest BCUT2D eigenvalue weighted by Crippen LogP contribution is -2.81. The maximum Gasteiger partial charge on any atom is 0.573 e. The predicted octanol–water partition coefficient (Wildman–Crippen LogP) is 4.15. The van der Waals surface area contributed by atoms with E-state index in [9.17, 15) is 31.1 Å². The van der Waals surface area contributed by atoms with Gasteiger partial charge in [0.2, 0.25) is 5.82 Å². The molecule has 3 rings (SSSR count). The van der Waals surface area contributed by atoms with E-state index in [1.165, 1.54) is 55.0 Å². The first-order valence-electron chi connectivity index (χ1n) is 9.60. The molecule has 0 saturated carbocycles. The second-order valence-electron chi connectivity index (χ2n) is 6.93. The monoisotopic (exact) mass is 483 g/mol. The fourth-order valence-corrected chi connectivity index (χ4v) is 2.96. The van der Waals surface area contributed by atoms with Gasteiger partial charge in [0.05, 0.1) is 12.6 Å². The molecule has 0 radical (unpaired) electrons. The van der Waals surface area contributed by atoms with Crippen molar-refractivity contribution < 1.29 is 41.2 Å². The van der Waals surface area contributed by atoms with Crippen molar-refractivity contribution in [3.63, 3.8) is 0 Å². The van der Waals surface area contributed by atoms with Gasteiger partial charge in [-0.05, 0) is 24.3 Å². The van der Waals surface area contributed by atoms with E-state index in [1.54, 1.807) is 12.1 Å². The van der Waals surface area contributed by atoms with Crippen LogP contribution in [0.1, 0.15) is 10.4 Å². The molecule has 4 N–H and O–H groups in total. The molecule has 0 aliphatic carbocycles. The van der Waals surface area contributed by atoms with E-state index in [0.717, 1.165) is 0 Å². The Balaban J connectivity index is 1.87. The van der Waals surface area contributed by atoms with Crippen molar-refractivity contribution in [2.75, 3.05) is 7.05 Å². The Hall–Kier alpha value is -3.93. The van der Waals surface area contributed by atoms with E-state index < -0.39 is 29.9 Å². The molecular weight excluding hydrogens is 466 g/mol. The summed E-state index contributed by atoms with van der Waals surface area (Å²) in [6.45, 7) is 0. The maximum absolute atomic E-state index is 12.7. The minimum absolute atomic E-state index is 0.0832.